The maximum absolute atomic E-state index is 6.27. The van der Waals surface area contributed by atoms with Crippen molar-refractivity contribution in [3.05, 3.63) is 53.6 Å². The first-order valence-electron chi connectivity index (χ1n) is 6.19. The standard InChI is InChI=1S/C16H13ClN2O/c1-20-14-9-10-5-2-3-8-13(10)19-16(14)15-11(17)6-4-7-12(15)18/h2-9H,18H2,1H3. The Labute approximate surface area is 122 Å². The van der Waals surface area contributed by atoms with Gasteiger partial charge in [-0.3, -0.25) is 0 Å². The number of aromatic nitrogens is 1. The van der Waals surface area contributed by atoms with Gasteiger partial charge in [0.25, 0.3) is 0 Å². The lowest BCUT2D eigenvalue weighted by Crippen LogP contribution is -1.97. The van der Waals surface area contributed by atoms with E-state index in [0.717, 1.165) is 10.9 Å². The molecular weight excluding hydrogens is 272 g/mol. The zero-order valence-corrected chi connectivity index (χ0v) is 11.7. The predicted octanol–water partition coefficient (Wildman–Crippen LogP) is 4.15. The minimum Gasteiger partial charge on any atom is -0.494 e. The number of nitrogens with zero attached hydrogens (tertiary/aromatic N) is 1. The molecule has 0 bridgehead atoms. The molecule has 0 aliphatic carbocycles. The number of para-hydroxylation sites is 1. The van der Waals surface area contributed by atoms with E-state index >= 15 is 0 Å². The van der Waals surface area contributed by atoms with Crippen molar-refractivity contribution < 1.29 is 4.74 Å². The molecule has 0 saturated carbocycles. The summed E-state index contributed by atoms with van der Waals surface area (Å²) in [5.74, 6) is 0.656. The molecule has 20 heavy (non-hydrogen) atoms. The lowest BCUT2D eigenvalue weighted by atomic mass is 10.1. The molecule has 1 heterocycles. The van der Waals surface area contributed by atoms with Crippen molar-refractivity contribution in [1.29, 1.82) is 0 Å². The number of hydrogen-bond donors (Lipinski definition) is 1. The summed E-state index contributed by atoms with van der Waals surface area (Å²) in [6.07, 6.45) is 0. The van der Waals surface area contributed by atoms with Crippen LogP contribution in [0, 0.1) is 0 Å². The van der Waals surface area contributed by atoms with Gasteiger partial charge in [-0.25, -0.2) is 4.98 Å². The van der Waals surface area contributed by atoms with Crippen LogP contribution in [0.15, 0.2) is 48.5 Å². The van der Waals surface area contributed by atoms with Crippen molar-refractivity contribution in [2.75, 3.05) is 12.8 Å². The van der Waals surface area contributed by atoms with Gasteiger partial charge in [0.15, 0.2) is 0 Å². The largest absolute Gasteiger partial charge is 0.494 e. The monoisotopic (exact) mass is 284 g/mol. The van der Waals surface area contributed by atoms with Crippen LogP contribution < -0.4 is 10.5 Å². The van der Waals surface area contributed by atoms with Crippen LogP contribution in [0.2, 0.25) is 5.02 Å². The fourth-order valence-corrected chi connectivity index (χ4v) is 2.49. The van der Waals surface area contributed by atoms with E-state index in [1.165, 1.54) is 0 Å². The fraction of sp³-hybridized carbons (Fsp3) is 0.0625. The molecule has 0 aliphatic rings. The number of benzene rings is 2. The third-order valence-corrected chi connectivity index (χ3v) is 3.51. The van der Waals surface area contributed by atoms with Crippen molar-refractivity contribution in [1.82, 2.24) is 4.98 Å². The Morgan fingerprint density at radius 3 is 2.65 bits per heavy atom. The number of halogens is 1. The average Bonchev–Trinajstić information content (AvgIpc) is 2.46. The summed E-state index contributed by atoms with van der Waals surface area (Å²) >= 11 is 6.27. The van der Waals surface area contributed by atoms with Crippen LogP contribution in [0.3, 0.4) is 0 Å². The molecule has 0 spiro atoms. The molecule has 0 atom stereocenters. The molecule has 0 radical (unpaired) electrons. The fourth-order valence-electron chi connectivity index (χ4n) is 2.22. The van der Waals surface area contributed by atoms with E-state index in [1.54, 1.807) is 19.2 Å². The number of nitrogen functional groups attached to an aromatic ring is 1. The van der Waals surface area contributed by atoms with Crippen molar-refractivity contribution in [2.45, 2.75) is 0 Å². The Balaban J connectivity index is 2.35. The van der Waals surface area contributed by atoms with Crippen LogP contribution in [-0.2, 0) is 0 Å². The van der Waals surface area contributed by atoms with E-state index in [4.69, 9.17) is 22.1 Å². The van der Waals surface area contributed by atoms with Gasteiger partial charge in [-0.05, 0) is 24.3 Å². The van der Waals surface area contributed by atoms with Crippen molar-refractivity contribution in [2.24, 2.45) is 0 Å². The number of rotatable bonds is 2. The zero-order chi connectivity index (χ0) is 14.1. The van der Waals surface area contributed by atoms with Gasteiger partial charge in [0.2, 0.25) is 0 Å². The second-order valence-corrected chi connectivity index (χ2v) is 4.84. The molecule has 1 aromatic heterocycles. The highest BCUT2D eigenvalue weighted by Gasteiger charge is 2.15. The summed E-state index contributed by atoms with van der Waals surface area (Å²) < 4.78 is 5.44. The zero-order valence-electron chi connectivity index (χ0n) is 10.9. The topological polar surface area (TPSA) is 48.1 Å². The normalized spacial score (nSPS) is 10.7. The number of methoxy groups -OCH3 is 1. The Morgan fingerprint density at radius 2 is 1.90 bits per heavy atom. The molecule has 3 nitrogen and oxygen atoms in total. The maximum atomic E-state index is 6.27. The summed E-state index contributed by atoms with van der Waals surface area (Å²) in [5, 5.41) is 1.57. The Kier molecular flexibility index (Phi) is 3.20. The third kappa shape index (κ3) is 2.06. The molecule has 0 saturated heterocycles. The van der Waals surface area contributed by atoms with E-state index in [2.05, 4.69) is 4.98 Å². The second-order valence-electron chi connectivity index (χ2n) is 4.44. The van der Waals surface area contributed by atoms with E-state index in [0.29, 0.717) is 27.7 Å². The minimum absolute atomic E-state index is 0.561. The first kappa shape index (κ1) is 12.8. The third-order valence-electron chi connectivity index (χ3n) is 3.19. The molecule has 4 heteroatoms. The molecule has 100 valence electrons. The lowest BCUT2D eigenvalue weighted by Gasteiger charge is -2.12. The van der Waals surface area contributed by atoms with Crippen LogP contribution in [0.4, 0.5) is 5.69 Å². The summed E-state index contributed by atoms with van der Waals surface area (Å²) in [6, 6.07) is 15.2. The van der Waals surface area contributed by atoms with Gasteiger partial charge in [0.1, 0.15) is 11.4 Å². The summed E-state index contributed by atoms with van der Waals surface area (Å²) in [5.41, 5.74) is 8.87. The van der Waals surface area contributed by atoms with Crippen LogP contribution in [0.25, 0.3) is 22.2 Å². The maximum Gasteiger partial charge on any atom is 0.145 e. The highest BCUT2D eigenvalue weighted by atomic mass is 35.5. The molecule has 0 aliphatic heterocycles. The van der Waals surface area contributed by atoms with Gasteiger partial charge < -0.3 is 10.5 Å². The number of fused-ring (bicyclic) bond motifs is 1. The quantitative estimate of drug-likeness (QED) is 0.719. The van der Waals surface area contributed by atoms with Crippen molar-refractivity contribution >= 4 is 28.2 Å². The molecule has 2 aromatic carbocycles. The molecule has 0 fully saturated rings. The van der Waals surface area contributed by atoms with Gasteiger partial charge in [-0.2, -0.15) is 0 Å². The van der Waals surface area contributed by atoms with Gasteiger partial charge in [-0.1, -0.05) is 35.9 Å². The van der Waals surface area contributed by atoms with E-state index in [9.17, 15) is 0 Å². The second kappa shape index (κ2) is 5.02. The van der Waals surface area contributed by atoms with Gasteiger partial charge >= 0.3 is 0 Å². The number of anilines is 1. The van der Waals surface area contributed by atoms with Crippen LogP contribution in [0.5, 0.6) is 5.75 Å². The van der Waals surface area contributed by atoms with Gasteiger partial charge in [0.05, 0.1) is 17.6 Å². The molecule has 3 rings (SSSR count). The summed E-state index contributed by atoms with van der Waals surface area (Å²) in [6.45, 7) is 0. The highest BCUT2D eigenvalue weighted by Crippen LogP contribution is 2.38. The Hall–Kier alpha value is -2.26. The number of nitrogens with two attached hydrogens (primary N) is 1. The molecular formula is C16H13ClN2O. The lowest BCUT2D eigenvalue weighted by molar-refractivity contribution is 0.415. The first-order chi connectivity index (χ1) is 9.70. The average molecular weight is 285 g/mol. The molecule has 3 aromatic rings. The van der Waals surface area contributed by atoms with Gasteiger partial charge in [0, 0.05) is 16.6 Å². The first-order valence-corrected chi connectivity index (χ1v) is 6.56. The number of pyridine rings is 1. The molecule has 0 amide bonds. The van der Waals surface area contributed by atoms with E-state index in [1.807, 2.05) is 36.4 Å². The molecule has 0 unspecified atom stereocenters. The van der Waals surface area contributed by atoms with Crippen LogP contribution in [0.1, 0.15) is 0 Å². The Morgan fingerprint density at radius 1 is 1.10 bits per heavy atom. The number of ether oxygens (including phenoxy) is 1. The smallest absolute Gasteiger partial charge is 0.145 e. The van der Waals surface area contributed by atoms with Crippen molar-refractivity contribution in [3.63, 3.8) is 0 Å². The summed E-state index contributed by atoms with van der Waals surface area (Å²) in [4.78, 5) is 4.65. The molecule has 2 N–H and O–H groups in total. The van der Waals surface area contributed by atoms with E-state index < -0.39 is 0 Å². The Bertz CT molecular complexity index is 766. The van der Waals surface area contributed by atoms with Crippen molar-refractivity contribution in [3.8, 4) is 17.0 Å². The van der Waals surface area contributed by atoms with Gasteiger partial charge in [-0.15, -0.1) is 0 Å². The predicted molar refractivity (Wildman–Crippen MR) is 83.2 cm³/mol. The minimum atomic E-state index is 0.561. The summed E-state index contributed by atoms with van der Waals surface area (Å²) in [7, 11) is 1.61. The SMILES string of the molecule is COc1cc2ccccc2nc1-c1c(N)cccc1Cl. The number of hydrogen-bond acceptors (Lipinski definition) is 3. The van der Waals surface area contributed by atoms with E-state index in [-0.39, 0.29) is 0 Å². The highest BCUT2D eigenvalue weighted by molar-refractivity contribution is 6.34. The van der Waals surface area contributed by atoms with Crippen LogP contribution in [-0.4, -0.2) is 12.1 Å². The van der Waals surface area contributed by atoms with Crippen LogP contribution >= 0.6 is 11.6 Å².